The predicted molar refractivity (Wildman–Crippen MR) is 105 cm³/mol. The van der Waals surface area contributed by atoms with E-state index in [1.807, 2.05) is 4.90 Å². The molecule has 1 aliphatic rings. The second-order valence-corrected chi connectivity index (χ2v) is 6.84. The van der Waals surface area contributed by atoms with Crippen molar-refractivity contribution in [3.8, 4) is 6.07 Å². The number of nitrogens with zero attached hydrogens (tertiary/aromatic N) is 3. The lowest BCUT2D eigenvalue weighted by atomic mass is 10.0. The van der Waals surface area contributed by atoms with Gasteiger partial charge in [-0.05, 0) is 50.1 Å². The van der Waals surface area contributed by atoms with Crippen LogP contribution in [-0.4, -0.2) is 37.1 Å². The van der Waals surface area contributed by atoms with Crippen LogP contribution in [0.5, 0.6) is 0 Å². The van der Waals surface area contributed by atoms with Crippen molar-refractivity contribution in [2.75, 3.05) is 36.4 Å². The lowest BCUT2D eigenvalue weighted by Crippen LogP contribution is -2.50. The molecular formula is C21H24N4O. The third-order valence-corrected chi connectivity index (χ3v) is 4.76. The Hall–Kier alpha value is -3.00. The molecule has 2 aromatic rings. The van der Waals surface area contributed by atoms with Gasteiger partial charge in [-0.15, -0.1) is 0 Å². The van der Waals surface area contributed by atoms with Crippen LogP contribution in [0.3, 0.4) is 0 Å². The quantitative estimate of drug-likeness (QED) is 0.897. The Bertz CT molecular complexity index is 838. The number of aryl methyl sites for hydroxylation is 3. The van der Waals surface area contributed by atoms with Gasteiger partial charge in [0.25, 0.3) is 0 Å². The summed E-state index contributed by atoms with van der Waals surface area (Å²) in [5, 5.41) is 11.9. The van der Waals surface area contributed by atoms with Crippen LogP contribution in [0, 0.1) is 32.1 Å². The normalized spacial score (nSPS) is 14.1. The van der Waals surface area contributed by atoms with E-state index in [1.54, 1.807) is 24.3 Å². The fourth-order valence-electron chi connectivity index (χ4n) is 3.67. The van der Waals surface area contributed by atoms with Gasteiger partial charge in [0.1, 0.15) is 0 Å². The van der Waals surface area contributed by atoms with Gasteiger partial charge >= 0.3 is 6.03 Å². The molecule has 2 amide bonds. The molecule has 1 aliphatic heterocycles. The minimum Gasteiger partial charge on any atom is -0.368 e. The molecule has 1 heterocycles. The van der Waals surface area contributed by atoms with Crippen molar-refractivity contribution >= 4 is 17.4 Å². The number of nitriles is 1. The summed E-state index contributed by atoms with van der Waals surface area (Å²) in [7, 11) is 0. The van der Waals surface area contributed by atoms with Crippen molar-refractivity contribution < 1.29 is 4.79 Å². The van der Waals surface area contributed by atoms with Crippen LogP contribution in [0.1, 0.15) is 22.3 Å². The Morgan fingerprint density at radius 2 is 1.69 bits per heavy atom. The van der Waals surface area contributed by atoms with E-state index in [9.17, 15) is 4.79 Å². The second kappa shape index (κ2) is 7.49. The number of amides is 2. The highest BCUT2D eigenvalue weighted by molar-refractivity contribution is 5.89. The summed E-state index contributed by atoms with van der Waals surface area (Å²) in [4.78, 5) is 16.7. The first kappa shape index (κ1) is 17.8. The van der Waals surface area contributed by atoms with Crippen molar-refractivity contribution in [2.24, 2.45) is 0 Å². The number of nitrogens with one attached hydrogen (secondary N) is 1. The molecule has 0 radical (unpaired) electrons. The maximum Gasteiger partial charge on any atom is 0.321 e. The van der Waals surface area contributed by atoms with Crippen LogP contribution in [0.4, 0.5) is 16.2 Å². The smallest absolute Gasteiger partial charge is 0.321 e. The summed E-state index contributed by atoms with van der Waals surface area (Å²) >= 11 is 0. The second-order valence-electron chi connectivity index (χ2n) is 6.84. The third kappa shape index (κ3) is 3.80. The lowest BCUT2D eigenvalue weighted by molar-refractivity contribution is 0.208. The first-order chi connectivity index (χ1) is 12.5. The van der Waals surface area contributed by atoms with Gasteiger partial charge in [0.05, 0.1) is 11.6 Å². The Kier molecular flexibility index (Phi) is 5.13. The number of carbonyl (C=O) groups excluding carboxylic acids is 1. The number of anilines is 2. The lowest BCUT2D eigenvalue weighted by Gasteiger charge is -2.37. The van der Waals surface area contributed by atoms with Gasteiger partial charge in [-0.25, -0.2) is 4.79 Å². The fourth-order valence-corrected chi connectivity index (χ4v) is 3.67. The average molecular weight is 348 g/mol. The number of hydrogen-bond donors (Lipinski definition) is 1. The van der Waals surface area contributed by atoms with Crippen molar-refractivity contribution in [3.63, 3.8) is 0 Å². The Labute approximate surface area is 154 Å². The highest BCUT2D eigenvalue weighted by atomic mass is 16.2. The fraction of sp³-hybridized carbons (Fsp3) is 0.333. The molecule has 0 atom stereocenters. The number of piperazine rings is 1. The molecule has 2 aromatic carbocycles. The number of carbonyl (C=O) groups is 1. The van der Waals surface area contributed by atoms with Crippen LogP contribution in [0.15, 0.2) is 36.4 Å². The molecule has 0 saturated carbocycles. The maximum absolute atomic E-state index is 12.5. The van der Waals surface area contributed by atoms with Gasteiger partial charge in [-0.1, -0.05) is 23.8 Å². The molecule has 5 nitrogen and oxygen atoms in total. The van der Waals surface area contributed by atoms with Crippen molar-refractivity contribution in [1.29, 1.82) is 5.26 Å². The van der Waals surface area contributed by atoms with Crippen LogP contribution >= 0.6 is 0 Å². The van der Waals surface area contributed by atoms with E-state index in [0.29, 0.717) is 24.3 Å². The molecule has 3 rings (SSSR count). The van der Waals surface area contributed by atoms with Gasteiger partial charge < -0.3 is 15.1 Å². The Morgan fingerprint density at radius 1 is 1.04 bits per heavy atom. The van der Waals surface area contributed by atoms with Gasteiger partial charge in [0.2, 0.25) is 0 Å². The Morgan fingerprint density at radius 3 is 2.31 bits per heavy atom. The van der Waals surface area contributed by atoms with E-state index in [1.165, 1.54) is 22.4 Å². The third-order valence-electron chi connectivity index (χ3n) is 4.76. The van der Waals surface area contributed by atoms with Crippen molar-refractivity contribution in [1.82, 2.24) is 4.90 Å². The van der Waals surface area contributed by atoms with E-state index in [4.69, 9.17) is 5.26 Å². The molecule has 0 aliphatic carbocycles. The molecule has 1 saturated heterocycles. The van der Waals surface area contributed by atoms with E-state index in [2.05, 4.69) is 49.2 Å². The molecule has 26 heavy (non-hydrogen) atoms. The molecule has 5 heteroatoms. The minimum absolute atomic E-state index is 0.114. The van der Waals surface area contributed by atoms with Gasteiger partial charge in [0.15, 0.2) is 0 Å². The molecule has 134 valence electrons. The first-order valence-electron chi connectivity index (χ1n) is 8.87. The summed E-state index contributed by atoms with van der Waals surface area (Å²) in [5.41, 5.74) is 6.33. The standard InChI is InChI=1S/C21H24N4O/c1-15-11-16(2)20(17(3)12-15)24-7-9-25(10-8-24)21(26)23-19-6-4-5-18(13-19)14-22/h4-6,11-13H,7-10H2,1-3H3,(H,23,26). The number of rotatable bonds is 2. The van der Waals surface area contributed by atoms with Crippen LogP contribution < -0.4 is 10.2 Å². The molecule has 0 bridgehead atoms. The van der Waals surface area contributed by atoms with Crippen molar-refractivity contribution in [3.05, 3.63) is 58.7 Å². The van der Waals surface area contributed by atoms with Crippen LogP contribution in [0.25, 0.3) is 0 Å². The monoisotopic (exact) mass is 348 g/mol. The topological polar surface area (TPSA) is 59.4 Å². The summed E-state index contributed by atoms with van der Waals surface area (Å²) in [6.45, 7) is 9.40. The van der Waals surface area contributed by atoms with E-state index in [-0.39, 0.29) is 6.03 Å². The molecule has 0 unspecified atom stereocenters. The highest BCUT2D eigenvalue weighted by Crippen LogP contribution is 2.27. The van der Waals surface area contributed by atoms with E-state index < -0.39 is 0 Å². The molecule has 1 N–H and O–H groups in total. The number of benzene rings is 2. The Balaban J connectivity index is 1.63. The summed E-state index contributed by atoms with van der Waals surface area (Å²) in [6, 6.07) is 13.4. The SMILES string of the molecule is Cc1cc(C)c(N2CCN(C(=O)Nc3cccc(C#N)c3)CC2)c(C)c1. The minimum atomic E-state index is -0.114. The largest absolute Gasteiger partial charge is 0.368 e. The van der Waals surface area contributed by atoms with E-state index >= 15 is 0 Å². The van der Waals surface area contributed by atoms with Gasteiger partial charge in [-0.3, -0.25) is 0 Å². The number of urea groups is 1. The van der Waals surface area contributed by atoms with Crippen molar-refractivity contribution in [2.45, 2.75) is 20.8 Å². The molecule has 0 spiro atoms. The zero-order valence-corrected chi connectivity index (χ0v) is 15.5. The summed E-state index contributed by atoms with van der Waals surface area (Å²) in [5.74, 6) is 0. The van der Waals surface area contributed by atoms with Crippen LogP contribution in [-0.2, 0) is 0 Å². The van der Waals surface area contributed by atoms with Crippen LogP contribution in [0.2, 0.25) is 0 Å². The summed E-state index contributed by atoms with van der Waals surface area (Å²) < 4.78 is 0. The maximum atomic E-state index is 12.5. The molecule has 1 fully saturated rings. The predicted octanol–water partition coefficient (Wildman–Crippen LogP) is 3.84. The van der Waals surface area contributed by atoms with Gasteiger partial charge in [0, 0.05) is 37.6 Å². The molecular weight excluding hydrogens is 324 g/mol. The summed E-state index contributed by atoms with van der Waals surface area (Å²) in [6.07, 6.45) is 0. The molecule has 0 aromatic heterocycles. The first-order valence-corrected chi connectivity index (χ1v) is 8.87. The van der Waals surface area contributed by atoms with E-state index in [0.717, 1.165) is 13.1 Å². The zero-order valence-electron chi connectivity index (χ0n) is 15.5. The highest BCUT2D eigenvalue weighted by Gasteiger charge is 2.23. The zero-order chi connectivity index (χ0) is 18.7. The number of hydrogen-bond acceptors (Lipinski definition) is 3. The average Bonchev–Trinajstić information content (AvgIpc) is 2.61. The van der Waals surface area contributed by atoms with Gasteiger partial charge in [-0.2, -0.15) is 5.26 Å².